The number of likely N-dealkylation sites (tertiary alicyclic amines) is 1. The minimum Gasteiger partial charge on any atom is -0.326 e. The van der Waals surface area contributed by atoms with Crippen LogP contribution in [0.4, 0.5) is 5.69 Å². The monoisotopic (exact) mass is 404 g/mol. The van der Waals surface area contributed by atoms with Crippen LogP contribution in [0.2, 0.25) is 0 Å². The molecule has 0 unspecified atom stereocenters. The van der Waals surface area contributed by atoms with Gasteiger partial charge < -0.3 is 9.88 Å². The van der Waals surface area contributed by atoms with E-state index in [4.69, 9.17) is 4.98 Å². The van der Waals surface area contributed by atoms with Gasteiger partial charge in [0, 0.05) is 17.6 Å². The summed E-state index contributed by atoms with van der Waals surface area (Å²) in [5.74, 6) is 1.35. The summed E-state index contributed by atoms with van der Waals surface area (Å²) in [5.41, 5.74) is 4.41. The van der Waals surface area contributed by atoms with E-state index in [9.17, 15) is 4.79 Å². The summed E-state index contributed by atoms with van der Waals surface area (Å²) in [6.45, 7) is 9.22. The number of rotatable bonds is 6. The molecular weight excluding hydrogens is 372 g/mol. The number of amides is 1. The number of fused-ring (bicyclic) bond motifs is 1. The first kappa shape index (κ1) is 20.6. The molecule has 2 heterocycles. The van der Waals surface area contributed by atoms with E-state index in [1.54, 1.807) is 0 Å². The topological polar surface area (TPSA) is 50.2 Å². The van der Waals surface area contributed by atoms with Crippen molar-refractivity contribution in [1.29, 1.82) is 0 Å². The van der Waals surface area contributed by atoms with Gasteiger partial charge in [0.15, 0.2) is 0 Å². The molecule has 30 heavy (non-hydrogen) atoms. The van der Waals surface area contributed by atoms with E-state index < -0.39 is 0 Å². The van der Waals surface area contributed by atoms with Crippen LogP contribution in [0, 0.1) is 5.92 Å². The number of imidazole rings is 1. The Kier molecular flexibility index (Phi) is 6.18. The van der Waals surface area contributed by atoms with E-state index in [1.807, 2.05) is 24.3 Å². The molecule has 3 aromatic rings. The first-order valence-corrected chi connectivity index (χ1v) is 11.1. The Morgan fingerprint density at radius 2 is 1.80 bits per heavy atom. The summed E-state index contributed by atoms with van der Waals surface area (Å²) in [6, 6.07) is 16.8. The second kappa shape index (κ2) is 9.00. The lowest BCUT2D eigenvalue weighted by Gasteiger charge is -2.31. The van der Waals surface area contributed by atoms with E-state index in [0.29, 0.717) is 6.04 Å². The summed E-state index contributed by atoms with van der Waals surface area (Å²) in [4.78, 5) is 20.1. The first-order chi connectivity index (χ1) is 14.6. The van der Waals surface area contributed by atoms with Gasteiger partial charge in [0.2, 0.25) is 5.91 Å². The molecule has 0 aliphatic carbocycles. The van der Waals surface area contributed by atoms with Crippen molar-refractivity contribution in [3.63, 3.8) is 0 Å². The van der Waals surface area contributed by atoms with Crippen LogP contribution in [-0.4, -0.2) is 33.4 Å². The maximum atomic E-state index is 12.8. The van der Waals surface area contributed by atoms with Crippen LogP contribution in [0.25, 0.3) is 11.0 Å². The second-order valence-electron chi connectivity index (χ2n) is 8.53. The molecule has 1 aliphatic rings. The quantitative estimate of drug-likeness (QED) is 0.627. The molecule has 0 bridgehead atoms. The fraction of sp³-hybridized carbons (Fsp3) is 0.440. The minimum absolute atomic E-state index is 0.0788. The second-order valence-corrected chi connectivity index (χ2v) is 8.53. The molecule has 1 aliphatic heterocycles. The summed E-state index contributed by atoms with van der Waals surface area (Å²) in [7, 11) is 0. The van der Waals surface area contributed by atoms with Gasteiger partial charge >= 0.3 is 0 Å². The fourth-order valence-electron chi connectivity index (χ4n) is 4.52. The molecule has 5 nitrogen and oxygen atoms in total. The molecule has 0 saturated carbocycles. The Morgan fingerprint density at radius 1 is 1.10 bits per heavy atom. The maximum absolute atomic E-state index is 12.8. The number of carbonyl (C=O) groups is 1. The molecule has 158 valence electrons. The Balaban J connectivity index is 1.39. The number of anilines is 1. The van der Waals surface area contributed by atoms with Gasteiger partial charge in [-0.3, -0.25) is 9.69 Å². The normalized spacial score (nSPS) is 15.7. The third-order valence-corrected chi connectivity index (χ3v) is 6.16. The molecule has 0 atom stereocenters. The minimum atomic E-state index is 0.0788. The molecule has 1 aromatic heterocycles. The van der Waals surface area contributed by atoms with Gasteiger partial charge in [0.1, 0.15) is 5.82 Å². The Bertz CT molecular complexity index is 1010. The van der Waals surface area contributed by atoms with Crippen molar-refractivity contribution >= 4 is 22.6 Å². The molecule has 1 amide bonds. The zero-order valence-electron chi connectivity index (χ0n) is 18.3. The Hall–Kier alpha value is -2.66. The van der Waals surface area contributed by atoms with Crippen molar-refractivity contribution in [1.82, 2.24) is 14.5 Å². The van der Waals surface area contributed by atoms with Crippen LogP contribution < -0.4 is 5.32 Å². The summed E-state index contributed by atoms with van der Waals surface area (Å²) < 4.78 is 2.34. The van der Waals surface area contributed by atoms with Crippen LogP contribution >= 0.6 is 0 Å². The van der Waals surface area contributed by atoms with Crippen molar-refractivity contribution in [3.8, 4) is 0 Å². The van der Waals surface area contributed by atoms with Crippen LogP contribution in [0.3, 0.4) is 0 Å². The van der Waals surface area contributed by atoms with E-state index in [2.05, 4.69) is 59.8 Å². The lowest BCUT2D eigenvalue weighted by atomic mass is 9.95. The molecule has 2 aromatic carbocycles. The number of aryl methyl sites for hydroxylation is 1. The summed E-state index contributed by atoms with van der Waals surface area (Å²) in [6.07, 6.45) is 2.70. The average Bonchev–Trinajstić information content (AvgIpc) is 3.12. The smallest absolute Gasteiger partial charge is 0.227 e. The van der Waals surface area contributed by atoms with Gasteiger partial charge in [-0.1, -0.05) is 37.3 Å². The van der Waals surface area contributed by atoms with Crippen molar-refractivity contribution in [2.24, 2.45) is 5.92 Å². The van der Waals surface area contributed by atoms with Crippen molar-refractivity contribution < 1.29 is 4.79 Å². The number of carbonyl (C=O) groups excluding carboxylic acids is 1. The van der Waals surface area contributed by atoms with Crippen molar-refractivity contribution in [2.45, 2.75) is 52.6 Å². The number of piperidine rings is 1. The third-order valence-electron chi connectivity index (χ3n) is 6.16. The number of para-hydroxylation sites is 3. The Morgan fingerprint density at radius 3 is 2.53 bits per heavy atom. The lowest BCUT2D eigenvalue weighted by Crippen LogP contribution is -2.38. The highest BCUT2D eigenvalue weighted by atomic mass is 16.1. The molecule has 0 spiro atoms. The number of nitrogens with zero attached hydrogens (tertiary/aromatic N) is 3. The van der Waals surface area contributed by atoms with Crippen LogP contribution in [0.1, 0.15) is 51.0 Å². The van der Waals surface area contributed by atoms with Crippen LogP contribution in [0.5, 0.6) is 0 Å². The van der Waals surface area contributed by atoms with Crippen LogP contribution in [0.15, 0.2) is 48.5 Å². The number of hydrogen-bond donors (Lipinski definition) is 1. The highest BCUT2D eigenvalue weighted by Crippen LogP contribution is 2.25. The zero-order valence-corrected chi connectivity index (χ0v) is 18.3. The number of nitrogens with one attached hydrogen (secondary N) is 1. The molecule has 1 saturated heterocycles. The van der Waals surface area contributed by atoms with Gasteiger partial charge in [-0.15, -0.1) is 0 Å². The summed E-state index contributed by atoms with van der Waals surface area (Å²) in [5, 5.41) is 3.16. The van der Waals surface area contributed by atoms with Gasteiger partial charge in [-0.05, 0) is 70.0 Å². The predicted molar refractivity (Wildman–Crippen MR) is 123 cm³/mol. The maximum Gasteiger partial charge on any atom is 0.227 e. The van der Waals surface area contributed by atoms with Gasteiger partial charge in [0.05, 0.1) is 17.6 Å². The first-order valence-electron chi connectivity index (χ1n) is 11.1. The third kappa shape index (κ3) is 4.26. The fourth-order valence-corrected chi connectivity index (χ4v) is 4.52. The molecule has 5 heteroatoms. The lowest BCUT2D eigenvalue weighted by molar-refractivity contribution is -0.121. The van der Waals surface area contributed by atoms with E-state index in [0.717, 1.165) is 55.9 Å². The van der Waals surface area contributed by atoms with Gasteiger partial charge in [0.25, 0.3) is 0 Å². The standard InChI is InChI=1S/C25H32N4O/c1-4-19-9-5-6-10-21(19)27-25(30)20-13-15-28(16-14-20)17-24-26-22-11-7-8-12-23(22)29(24)18(2)3/h5-12,18,20H,4,13-17H2,1-3H3,(H,27,30). The van der Waals surface area contributed by atoms with Crippen molar-refractivity contribution in [2.75, 3.05) is 18.4 Å². The highest BCUT2D eigenvalue weighted by Gasteiger charge is 2.26. The molecule has 1 N–H and O–H groups in total. The van der Waals surface area contributed by atoms with E-state index >= 15 is 0 Å². The number of hydrogen-bond acceptors (Lipinski definition) is 3. The molecule has 1 fully saturated rings. The SMILES string of the molecule is CCc1ccccc1NC(=O)C1CCN(Cc2nc3ccccc3n2C(C)C)CC1. The zero-order chi connectivity index (χ0) is 21.1. The predicted octanol–water partition coefficient (Wildman–Crippen LogP) is 5.03. The van der Waals surface area contributed by atoms with Gasteiger partial charge in [-0.25, -0.2) is 4.98 Å². The van der Waals surface area contributed by atoms with E-state index in [-0.39, 0.29) is 11.8 Å². The average molecular weight is 405 g/mol. The summed E-state index contributed by atoms with van der Waals surface area (Å²) >= 11 is 0. The molecular formula is C25H32N4O. The van der Waals surface area contributed by atoms with Crippen molar-refractivity contribution in [3.05, 3.63) is 59.9 Å². The van der Waals surface area contributed by atoms with Crippen LogP contribution in [-0.2, 0) is 17.8 Å². The number of aromatic nitrogens is 2. The highest BCUT2D eigenvalue weighted by molar-refractivity contribution is 5.93. The van der Waals surface area contributed by atoms with E-state index in [1.165, 1.54) is 11.1 Å². The molecule has 0 radical (unpaired) electrons. The largest absolute Gasteiger partial charge is 0.326 e. The Labute approximate surface area is 179 Å². The van der Waals surface area contributed by atoms with Gasteiger partial charge in [-0.2, -0.15) is 0 Å². The number of benzene rings is 2. The molecule has 4 rings (SSSR count).